The lowest BCUT2D eigenvalue weighted by Crippen LogP contribution is -2.24. The van der Waals surface area contributed by atoms with Gasteiger partial charge in [-0.05, 0) is 31.2 Å². The minimum Gasteiger partial charge on any atom is -0.465 e. The molecule has 0 aromatic heterocycles. The number of ether oxygens (including phenoxy) is 1. The Morgan fingerprint density at radius 3 is 2.56 bits per heavy atom. The number of anilines is 1. The molecule has 1 rings (SSSR count). The summed E-state index contributed by atoms with van der Waals surface area (Å²) in [6.45, 7) is 1.97. The van der Waals surface area contributed by atoms with Crippen LogP contribution in [0.1, 0.15) is 13.3 Å². The highest BCUT2D eigenvalue weighted by Gasteiger charge is 2.18. The Morgan fingerprint density at radius 1 is 1.39 bits per heavy atom. The first kappa shape index (κ1) is 14.9. The zero-order valence-corrected chi connectivity index (χ0v) is 11.5. The molecule has 0 saturated heterocycles. The quantitative estimate of drug-likeness (QED) is 0.646. The SMILES string of the molecule is CCOC(=O)[C@H](S)CC(=O)Nc1ccc(Cl)cc1. The zero-order valence-electron chi connectivity index (χ0n) is 9.85. The van der Waals surface area contributed by atoms with E-state index in [0.717, 1.165) is 0 Å². The van der Waals surface area contributed by atoms with E-state index in [1.165, 1.54) is 0 Å². The average Bonchev–Trinajstić information content (AvgIpc) is 2.32. The summed E-state index contributed by atoms with van der Waals surface area (Å²) in [4.78, 5) is 22.9. The van der Waals surface area contributed by atoms with Crippen molar-refractivity contribution in [2.45, 2.75) is 18.6 Å². The lowest BCUT2D eigenvalue weighted by molar-refractivity contribution is -0.143. The smallest absolute Gasteiger partial charge is 0.319 e. The molecular weight excluding hydrogens is 274 g/mol. The van der Waals surface area contributed by atoms with Gasteiger partial charge in [-0.25, -0.2) is 0 Å². The van der Waals surface area contributed by atoms with Crippen molar-refractivity contribution in [2.75, 3.05) is 11.9 Å². The lowest BCUT2D eigenvalue weighted by Gasteiger charge is -2.10. The van der Waals surface area contributed by atoms with Crippen LogP contribution < -0.4 is 5.32 Å². The van der Waals surface area contributed by atoms with Crippen LogP contribution in [0.5, 0.6) is 0 Å². The number of carbonyl (C=O) groups is 2. The van der Waals surface area contributed by atoms with E-state index < -0.39 is 11.2 Å². The fourth-order valence-electron chi connectivity index (χ4n) is 1.24. The number of carbonyl (C=O) groups excluding carboxylic acids is 2. The molecule has 98 valence electrons. The van der Waals surface area contributed by atoms with Crippen LogP contribution in [0.3, 0.4) is 0 Å². The zero-order chi connectivity index (χ0) is 13.5. The van der Waals surface area contributed by atoms with Crippen molar-refractivity contribution in [3.8, 4) is 0 Å². The van der Waals surface area contributed by atoms with Crippen molar-refractivity contribution < 1.29 is 14.3 Å². The van der Waals surface area contributed by atoms with Gasteiger partial charge in [0.25, 0.3) is 0 Å². The second-order valence-electron chi connectivity index (χ2n) is 3.53. The van der Waals surface area contributed by atoms with Gasteiger partial charge in [0.2, 0.25) is 5.91 Å². The first-order valence-electron chi connectivity index (χ1n) is 5.43. The van der Waals surface area contributed by atoms with E-state index in [0.29, 0.717) is 10.7 Å². The van der Waals surface area contributed by atoms with Crippen LogP contribution in [0.15, 0.2) is 24.3 Å². The number of amides is 1. The number of thiol groups is 1. The maximum atomic E-state index is 11.6. The molecule has 0 radical (unpaired) electrons. The van der Waals surface area contributed by atoms with Crippen molar-refractivity contribution in [1.82, 2.24) is 0 Å². The second-order valence-corrected chi connectivity index (χ2v) is 4.59. The minimum atomic E-state index is -0.753. The molecule has 0 heterocycles. The third-order valence-corrected chi connectivity index (χ3v) is 2.71. The summed E-state index contributed by atoms with van der Waals surface area (Å²) in [5.41, 5.74) is 0.619. The molecular formula is C12H14ClNO3S. The number of halogens is 1. The largest absolute Gasteiger partial charge is 0.465 e. The number of hydrogen-bond acceptors (Lipinski definition) is 4. The van der Waals surface area contributed by atoms with Gasteiger partial charge in [0.05, 0.1) is 6.61 Å². The average molecular weight is 288 g/mol. The van der Waals surface area contributed by atoms with Crippen LogP contribution in [0.25, 0.3) is 0 Å². The van der Waals surface area contributed by atoms with Crippen molar-refractivity contribution in [3.05, 3.63) is 29.3 Å². The van der Waals surface area contributed by atoms with Gasteiger partial charge in [-0.1, -0.05) is 11.6 Å². The van der Waals surface area contributed by atoms with Crippen molar-refractivity contribution in [1.29, 1.82) is 0 Å². The number of benzene rings is 1. The van der Waals surface area contributed by atoms with Crippen LogP contribution >= 0.6 is 24.2 Å². The number of hydrogen-bond donors (Lipinski definition) is 2. The minimum absolute atomic E-state index is 0.0371. The molecule has 0 aliphatic rings. The molecule has 0 fully saturated rings. The predicted molar refractivity (Wildman–Crippen MR) is 74.1 cm³/mol. The maximum Gasteiger partial charge on any atom is 0.319 e. The van der Waals surface area contributed by atoms with Crippen molar-refractivity contribution in [2.24, 2.45) is 0 Å². The molecule has 6 heteroatoms. The van der Waals surface area contributed by atoms with E-state index >= 15 is 0 Å². The molecule has 4 nitrogen and oxygen atoms in total. The fourth-order valence-corrected chi connectivity index (χ4v) is 1.61. The van der Waals surface area contributed by atoms with Crippen LogP contribution in [0.2, 0.25) is 5.02 Å². The molecule has 0 aliphatic heterocycles. The van der Waals surface area contributed by atoms with E-state index in [2.05, 4.69) is 17.9 Å². The third-order valence-electron chi connectivity index (χ3n) is 2.07. The first-order chi connectivity index (χ1) is 8.52. The van der Waals surface area contributed by atoms with Crippen LogP contribution in [-0.4, -0.2) is 23.7 Å². The summed E-state index contributed by atoms with van der Waals surface area (Å²) in [7, 11) is 0. The van der Waals surface area contributed by atoms with Gasteiger partial charge < -0.3 is 10.1 Å². The van der Waals surface area contributed by atoms with Crippen molar-refractivity contribution in [3.63, 3.8) is 0 Å². The first-order valence-corrected chi connectivity index (χ1v) is 6.32. The van der Waals surface area contributed by atoms with Gasteiger partial charge in [-0.15, -0.1) is 0 Å². The summed E-state index contributed by atoms with van der Waals surface area (Å²) in [5.74, 6) is -0.794. The normalized spacial score (nSPS) is 11.7. The Hall–Kier alpha value is -1.20. The molecule has 0 saturated carbocycles. The third kappa shape index (κ3) is 4.98. The van der Waals surface area contributed by atoms with Crippen molar-refractivity contribution >= 4 is 41.8 Å². The fraction of sp³-hybridized carbons (Fsp3) is 0.333. The van der Waals surface area contributed by atoms with Gasteiger partial charge in [0.15, 0.2) is 0 Å². The molecule has 1 atom stereocenters. The van der Waals surface area contributed by atoms with Gasteiger partial charge >= 0.3 is 5.97 Å². The number of esters is 1. The van der Waals surface area contributed by atoms with Gasteiger partial charge in [-0.3, -0.25) is 9.59 Å². The van der Waals surface area contributed by atoms with E-state index in [1.807, 2.05) is 0 Å². The predicted octanol–water partition coefficient (Wildman–Crippen LogP) is 2.53. The molecule has 18 heavy (non-hydrogen) atoms. The Bertz CT molecular complexity index is 422. The van der Waals surface area contributed by atoms with E-state index in [-0.39, 0.29) is 18.9 Å². The topological polar surface area (TPSA) is 55.4 Å². The molecule has 0 bridgehead atoms. The Balaban J connectivity index is 2.46. The molecule has 0 aliphatic carbocycles. The number of rotatable bonds is 5. The van der Waals surface area contributed by atoms with Gasteiger partial charge in [0.1, 0.15) is 5.25 Å². The highest BCUT2D eigenvalue weighted by molar-refractivity contribution is 7.81. The standard InChI is InChI=1S/C12H14ClNO3S/c1-2-17-12(16)10(18)7-11(15)14-9-5-3-8(13)4-6-9/h3-6,10,18H,2,7H2,1H3,(H,14,15)/t10-/m1/s1. The summed E-state index contributed by atoms with van der Waals surface area (Å²) in [6, 6.07) is 6.69. The van der Waals surface area contributed by atoms with Gasteiger partial charge in [-0.2, -0.15) is 12.6 Å². The molecule has 1 amide bonds. The Labute approximate surface area is 116 Å². The van der Waals surface area contributed by atoms with E-state index in [4.69, 9.17) is 16.3 Å². The van der Waals surface area contributed by atoms with Crippen LogP contribution in [0, 0.1) is 0 Å². The van der Waals surface area contributed by atoms with Crippen LogP contribution in [-0.2, 0) is 14.3 Å². The summed E-state index contributed by atoms with van der Waals surface area (Å²) in [6.07, 6.45) is -0.0371. The second kappa shape index (κ2) is 7.28. The summed E-state index contributed by atoms with van der Waals surface area (Å²) in [5, 5.41) is 2.48. The molecule has 0 spiro atoms. The summed E-state index contributed by atoms with van der Waals surface area (Å²) >= 11 is 9.75. The highest BCUT2D eigenvalue weighted by atomic mass is 35.5. The molecule has 1 aromatic carbocycles. The van der Waals surface area contributed by atoms with E-state index in [1.54, 1.807) is 31.2 Å². The number of nitrogens with one attached hydrogen (secondary N) is 1. The monoisotopic (exact) mass is 287 g/mol. The lowest BCUT2D eigenvalue weighted by atomic mass is 10.2. The van der Waals surface area contributed by atoms with Gasteiger partial charge in [0, 0.05) is 17.1 Å². The Kier molecular flexibility index (Phi) is 6.01. The maximum absolute atomic E-state index is 11.6. The summed E-state index contributed by atoms with van der Waals surface area (Å²) < 4.78 is 4.76. The van der Waals surface area contributed by atoms with Crippen LogP contribution in [0.4, 0.5) is 5.69 Å². The van der Waals surface area contributed by atoms with E-state index in [9.17, 15) is 9.59 Å². The molecule has 0 unspecified atom stereocenters. The molecule has 1 aromatic rings. The molecule has 1 N–H and O–H groups in total. The highest BCUT2D eigenvalue weighted by Crippen LogP contribution is 2.14. The Morgan fingerprint density at radius 2 is 2.00 bits per heavy atom.